The first-order valence-corrected chi connectivity index (χ1v) is 9.49. The van der Waals surface area contributed by atoms with Crippen LogP contribution in [-0.2, 0) is 0 Å². The lowest BCUT2D eigenvalue weighted by atomic mass is 10.2. The van der Waals surface area contributed by atoms with E-state index < -0.39 is 0 Å². The molecule has 6 heteroatoms. The molecule has 0 saturated heterocycles. The summed E-state index contributed by atoms with van der Waals surface area (Å²) >= 11 is 3.50. The molecule has 0 atom stereocenters. The van der Waals surface area contributed by atoms with Crippen molar-refractivity contribution in [2.45, 2.75) is 0 Å². The minimum Gasteiger partial charge on any atom is -0.493 e. The Morgan fingerprint density at radius 1 is 0.821 bits per heavy atom. The van der Waals surface area contributed by atoms with Crippen molar-refractivity contribution in [3.63, 3.8) is 0 Å². The van der Waals surface area contributed by atoms with Crippen LogP contribution >= 0.6 is 15.9 Å². The number of fused-ring (bicyclic) bond motifs is 1. The van der Waals surface area contributed by atoms with Gasteiger partial charge >= 0.3 is 0 Å². The molecule has 0 unspecified atom stereocenters. The van der Waals surface area contributed by atoms with E-state index in [-0.39, 0.29) is 0 Å². The number of para-hydroxylation sites is 2. The highest BCUT2D eigenvalue weighted by Crippen LogP contribution is 2.41. The van der Waals surface area contributed by atoms with E-state index in [9.17, 15) is 0 Å². The number of methoxy groups -OCH3 is 3. The Kier molecular flexibility index (Phi) is 4.96. The van der Waals surface area contributed by atoms with Crippen LogP contribution < -0.4 is 14.2 Å². The van der Waals surface area contributed by atoms with Crippen LogP contribution in [0.15, 0.2) is 65.1 Å². The van der Waals surface area contributed by atoms with Gasteiger partial charge in [0.15, 0.2) is 11.5 Å². The third-order valence-corrected chi connectivity index (χ3v) is 5.10. The number of rotatable bonds is 5. The molecule has 1 aromatic heterocycles. The monoisotopic (exact) mass is 438 g/mol. The van der Waals surface area contributed by atoms with E-state index >= 15 is 0 Å². The van der Waals surface area contributed by atoms with Gasteiger partial charge in [-0.3, -0.25) is 4.57 Å². The Morgan fingerprint density at radius 3 is 2.07 bits per heavy atom. The van der Waals surface area contributed by atoms with Gasteiger partial charge in [-0.2, -0.15) is 0 Å². The van der Waals surface area contributed by atoms with Gasteiger partial charge in [0.2, 0.25) is 5.75 Å². The third kappa shape index (κ3) is 3.10. The molecular weight excluding hydrogens is 420 g/mol. The number of hydrogen-bond donors (Lipinski definition) is 0. The van der Waals surface area contributed by atoms with Crippen LogP contribution in [0.3, 0.4) is 0 Å². The second kappa shape index (κ2) is 7.56. The third-order valence-electron chi connectivity index (χ3n) is 4.57. The van der Waals surface area contributed by atoms with Crippen molar-refractivity contribution < 1.29 is 14.2 Å². The van der Waals surface area contributed by atoms with Crippen LogP contribution in [0.25, 0.3) is 28.1 Å². The van der Waals surface area contributed by atoms with Gasteiger partial charge in [0.25, 0.3) is 0 Å². The first-order chi connectivity index (χ1) is 13.7. The molecule has 0 radical (unpaired) electrons. The van der Waals surface area contributed by atoms with Gasteiger partial charge in [0.05, 0.1) is 38.1 Å². The molecule has 0 bridgehead atoms. The van der Waals surface area contributed by atoms with Gasteiger partial charge in [-0.25, -0.2) is 4.98 Å². The van der Waals surface area contributed by atoms with E-state index in [2.05, 4.69) is 20.5 Å². The summed E-state index contributed by atoms with van der Waals surface area (Å²) in [6.45, 7) is 0. The van der Waals surface area contributed by atoms with Crippen molar-refractivity contribution in [3.05, 3.63) is 65.1 Å². The summed E-state index contributed by atoms with van der Waals surface area (Å²) in [4.78, 5) is 4.88. The van der Waals surface area contributed by atoms with Crippen LogP contribution in [0.1, 0.15) is 0 Å². The summed E-state index contributed by atoms with van der Waals surface area (Å²) in [5.74, 6) is 2.58. The Hall–Kier alpha value is -2.99. The zero-order chi connectivity index (χ0) is 19.7. The number of imidazole rings is 1. The fourth-order valence-electron chi connectivity index (χ4n) is 3.28. The summed E-state index contributed by atoms with van der Waals surface area (Å²) < 4.78 is 19.7. The number of benzene rings is 3. The van der Waals surface area contributed by atoms with Crippen molar-refractivity contribution in [3.8, 4) is 34.3 Å². The molecular formula is C22H19BrN2O3. The second-order valence-corrected chi connectivity index (χ2v) is 7.07. The first kappa shape index (κ1) is 18.4. The van der Waals surface area contributed by atoms with Crippen LogP contribution in [0.2, 0.25) is 0 Å². The molecule has 3 aromatic carbocycles. The molecule has 1 heterocycles. The summed E-state index contributed by atoms with van der Waals surface area (Å²) in [5.41, 5.74) is 3.79. The van der Waals surface area contributed by atoms with E-state index in [1.165, 1.54) is 0 Å². The molecule has 142 valence electrons. The highest BCUT2D eigenvalue weighted by molar-refractivity contribution is 9.10. The highest BCUT2D eigenvalue weighted by atomic mass is 79.9. The van der Waals surface area contributed by atoms with Crippen molar-refractivity contribution in [2.24, 2.45) is 0 Å². The Labute approximate surface area is 171 Å². The quantitative estimate of drug-likeness (QED) is 0.413. The number of nitrogens with zero attached hydrogens (tertiary/aromatic N) is 2. The average Bonchev–Trinajstić information content (AvgIpc) is 3.12. The molecule has 0 saturated carbocycles. The molecule has 0 fully saturated rings. The maximum absolute atomic E-state index is 5.55. The zero-order valence-electron chi connectivity index (χ0n) is 15.8. The topological polar surface area (TPSA) is 45.5 Å². The number of hydrogen-bond acceptors (Lipinski definition) is 4. The summed E-state index contributed by atoms with van der Waals surface area (Å²) in [6.07, 6.45) is 0. The normalized spacial score (nSPS) is 10.9. The SMILES string of the molecule is COc1cc(-n2c(-c3ccc(Br)cc3)nc3ccccc32)cc(OC)c1OC. The minimum atomic E-state index is 0.559. The maximum atomic E-state index is 5.55. The number of aromatic nitrogens is 2. The standard InChI is InChI=1S/C22H19BrN2O3/c1-26-19-12-16(13-20(27-2)21(19)28-3)25-18-7-5-4-6-17(18)24-22(25)14-8-10-15(23)11-9-14/h4-13H,1-3H3. The fraction of sp³-hybridized carbons (Fsp3) is 0.136. The van der Waals surface area contributed by atoms with E-state index in [1.807, 2.05) is 60.7 Å². The molecule has 5 nitrogen and oxygen atoms in total. The molecule has 0 aliphatic carbocycles. The summed E-state index contributed by atoms with van der Waals surface area (Å²) in [5, 5.41) is 0. The molecule has 4 rings (SSSR count). The summed E-state index contributed by atoms with van der Waals surface area (Å²) in [7, 11) is 4.82. The molecule has 0 aliphatic rings. The van der Waals surface area contributed by atoms with Crippen molar-refractivity contribution in [1.82, 2.24) is 9.55 Å². The van der Waals surface area contributed by atoms with Crippen LogP contribution in [0.4, 0.5) is 0 Å². The van der Waals surface area contributed by atoms with Gasteiger partial charge in [0, 0.05) is 22.2 Å². The van der Waals surface area contributed by atoms with Crippen molar-refractivity contribution in [1.29, 1.82) is 0 Å². The molecule has 28 heavy (non-hydrogen) atoms. The zero-order valence-corrected chi connectivity index (χ0v) is 17.4. The minimum absolute atomic E-state index is 0.559. The van der Waals surface area contributed by atoms with Crippen molar-refractivity contribution >= 4 is 27.0 Å². The predicted octanol–water partition coefficient (Wildman–Crippen LogP) is 5.48. The van der Waals surface area contributed by atoms with Crippen LogP contribution in [0, 0.1) is 0 Å². The average molecular weight is 439 g/mol. The molecule has 0 N–H and O–H groups in total. The van der Waals surface area contributed by atoms with Gasteiger partial charge in [-0.15, -0.1) is 0 Å². The van der Waals surface area contributed by atoms with Gasteiger partial charge in [0.1, 0.15) is 5.82 Å². The Balaban J connectivity index is 2.03. The van der Waals surface area contributed by atoms with E-state index in [0.717, 1.165) is 32.6 Å². The lowest BCUT2D eigenvalue weighted by molar-refractivity contribution is 0.324. The Morgan fingerprint density at radius 2 is 1.46 bits per heavy atom. The van der Waals surface area contributed by atoms with Crippen LogP contribution in [0.5, 0.6) is 17.2 Å². The van der Waals surface area contributed by atoms with E-state index in [4.69, 9.17) is 19.2 Å². The largest absolute Gasteiger partial charge is 0.493 e. The number of ether oxygens (including phenoxy) is 3. The molecule has 0 spiro atoms. The molecule has 0 amide bonds. The maximum Gasteiger partial charge on any atom is 0.203 e. The van der Waals surface area contributed by atoms with E-state index in [1.54, 1.807) is 21.3 Å². The smallest absolute Gasteiger partial charge is 0.203 e. The first-order valence-electron chi connectivity index (χ1n) is 8.70. The molecule has 4 aromatic rings. The number of halogens is 1. The van der Waals surface area contributed by atoms with E-state index in [0.29, 0.717) is 17.2 Å². The molecule has 0 aliphatic heterocycles. The van der Waals surface area contributed by atoms with Crippen LogP contribution in [-0.4, -0.2) is 30.9 Å². The fourth-order valence-corrected chi connectivity index (χ4v) is 3.54. The van der Waals surface area contributed by atoms with Gasteiger partial charge < -0.3 is 14.2 Å². The Bertz CT molecular complexity index is 1110. The lowest BCUT2D eigenvalue weighted by Crippen LogP contribution is -2.01. The van der Waals surface area contributed by atoms with Gasteiger partial charge in [-0.1, -0.05) is 40.2 Å². The summed E-state index contributed by atoms with van der Waals surface area (Å²) in [6, 6.07) is 20.0. The lowest BCUT2D eigenvalue weighted by Gasteiger charge is -2.16. The highest BCUT2D eigenvalue weighted by Gasteiger charge is 2.19. The van der Waals surface area contributed by atoms with Gasteiger partial charge in [-0.05, 0) is 24.3 Å². The van der Waals surface area contributed by atoms with Crippen molar-refractivity contribution in [2.75, 3.05) is 21.3 Å². The second-order valence-electron chi connectivity index (χ2n) is 6.15. The predicted molar refractivity (Wildman–Crippen MR) is 114 cm³/mol.